The fourth-order valence-electron chi connectivity index (χ4n) is 3.14. The number of aryl methyl sites for hydroxylation is 2. The molecule has 6 nitrogen and oxygen atoms in total. The number of hydrogen-bond acceptors (Lipinski definition) is 4. The Labute approximate surface area is 169 Å². The van der Waals surface area contributed by atoms with Gasteiger partial charge in [-0.1, -0.05) is 12.1 Å². The van der Waals surface area contributed by atoms with E-state index in [9.17, 15) is 9.90 Å². The Kier molecular flexibility index (Phi) is 5.56. The Bertz CT molecular complexity index is 985. The highest BCUT2D eigenvalue weighted by atomic mass is 32.1. The lowest BCUT2D eigenvalue weighted by atomic mass is 9.94. The number of carbonyl (C=O) groups is 1. The SMILES string of the molecule is COc1cc([C@H]2NC(=S)NC(C)=C2C(=O)Nc2ccc(C)c(C)c2)ccc1O. The number of phenolic OH excluding ortho intramolecular Hbond substituents is 1. The summed E-state index contributed by atoms with van der Waals surface area (Å²) in [7, 11) is 1.48. The van der Waals surface area contributed by atoms with Crippen molar-refractivity contribution in [3.05, 3.63) is 64.4 Å². The van der Waals surface area contributed by atoms with Crippen LogP contribution >= 0.6 is 12.2 Å². The molecule has 0 aliphatic carbocycles. The number of benzene rings is 2. The third kappa shape index (κ3) is 3.94. The Balaban J connectivity index is 1.97. The number of phenols is 1. The molecule has 1 aliphatic heterocycles. The van der Waals surface area contributed by atoms with E-state index in [1.54, 1.807) is 12.1 Å². The summed E-state index contributed by atoms with van der Waals surface area (Å²) in [6.07, 6.45) is 0. The standard InChI is InChI=1S/C21H23N3O3S/c1-11-5-7-15(9-12(11)2)23-20(26)18-13(3)22-21(28)24-19(18)14-6-8-16(25)17(10-14)27-4/h5-10,19,25H,1-4H3,(H,23,26)(H2,22,24,28)/t19-/m1/s1. The average molecular weight is 398 g/mol. The Hall–Kier alpha value is -3.06. The van der Waals surface area contributed by atoms with Gasteiger partial charge in [0.05, 0.1) is 18.7 Å². The van der Waals surface area contributed by atoms with Crippen LogP contribution in [0.15, 0.2) is 47.7 Å². The molecule has 0 spiro atoms. The van der Waals surface area contributed by atoms with Crippen LogP contribution < -0.4 is 20.7 Å². The number of rotatable bonds is 4. The van der Waals surface area contributed by atoms with Crippen LogP contribution in [-0.2, 0) is 4.79 Å². The third-order valence-electron chi connectivity index (χ3n) is 4.82. The molecule has 3 rings (SSSR count). The van der Waals surface area contributed by atoms with Crippen molar-refractivity contribution in [2.24, 2.45) is 0 Å². The van der Waals surface area contributed by atoms with E-state index < -0.39 is 6.04 Å². The molecule has 28 heavy (non-hydrogen) atoms. The number of nitrogens with one attached hydrogen (secondary N) is 3. The first kappa shape index (κ1) is 19.7. The van der Waals surface area contributed by atoms with E-state index in [1.807, 2.05) is 39.0 Å². The van der Waals surface area contributed by atoms with Crippen molar-refractivity contribution in [2.75, 3.05) is 12.4 Å². The summed E-state index contributed by atoms with van der Waals surface area (Å²) < 4.78 is 5.20. The minimum absolute atomic E-state index is 0.0320. The van der Waals surface area contributed by atoms with Gasteiger partial charge in [-0.15, -0.1) is 0 Å². The molecule has 1 heterocycles. The molecular weight excluding hydrogens is 374 g/mol. The van der Waals surface area contributed by atoms with Gasteiger partial charge in [-0.25, -0.2) is 0 Å². The summed E-state index contributed by atoms with van der Waals surface area (Å²) in [5, 5.41) is 19.4. The number of amides is 1. The van der Waals surface area contributed by atoms with Crippen LogP contribution in [0.4, 0.5) is 5.69 Å². The molecule has 4 N–H and O–H groups in total. The monoisotopic (exact) mass is 397 g/mol. The topological polar surface area (TPSA) is 82.6 Å². The number of allylic oxidation sites excluding steroid dienone is 1. The third-order valence-corrected chi connectivity index (χ3v) is 5.04. The lowest BCUT2D eigenvalue weighted by Crippen LogP contribution is -2.45. The van der Waals surface area contributed by atoms with Gasteiger partial charge >= 0.3 is 0 Å². The Morgan fingerprint density at radius 2 is 1.89 bits per heavy atom. The first-order valence-corrected chi connectivity index (χ1v) is 9.24. The predicted molar refractivity (Wildman–Crippen MR) is 114 cm³/mol. The molecule has 0 unspecified atom stereocenters. The smallest absolute Gasteiger partial charge is 0.255 e. The molecule has 2 aromatic rings. The van der Waals surface area contributed by atoms with Gasteiger partial charge < -0.3 is 25.8 Å². The normalized spacial score (nSPS) is 16.3. The van der Waals surface area contributed by atoms with E-state index in [-0.39, 0.29) is 11.7 Å². The van der Waals surface area contributed by atoms with Gasteiger partial charge in [0.2, 0.25) is 0 Å². The second-order valence-electron chi connectivity index (χ2n) is 6.75. The van der Waals surface area contributed by atoms with E-state index in [4.69, 9.17) is 17.0 Å². The van der Waals surface area contributed by atoms with E-state index >= 15 is 0 Å². The van der Waals surface area contributed by atoms with Gasteiger partial charge in [0, 0.05) is 11.4 Å². The molecule has 0 saturated carbocycles. The molecule has 0 fully saturated rings. The number of hydrogen-bond donors (Lipinski definition) is 4. The van der Waals surface area contributed by atoms with Crippen LogP contribution in [0.25, 0.3) is 0 Å². The van der Waals surface area contributed by atoms with Crippen molar-refractivity contribution < 1.29 is 14.6 Å². The summed E-state index contributed by atoms with van der Waals surface area (Å²) in [6, 6.07) is 10.3. The minimum atomic E-state index is -0.477. The molecule has 0 aromatic heterocycles. The largest absolute Gasteiger partial charge is 0.504 e. The highest BCUT2D eigenvalue weighted by Crippen LogP contribution is 2.33. The lowest BCUT2D eigenvalue weighted by molar-refractivity contribution is -0.113. The fourth-order valence-corrected chi connectivity index (χ4v) is 3.41. The Morgan fingerprint density at radius 3 is 2.57 bits per heavy atom. The highest BCUT2D eigenvalue weighted by molar-refractivity contribution is 7.80. The second kappa shape index (κ2) is 7.90. The molecule has 0 bridgehead atoms. The van der Waals surface area contributed by atoms with Gasteiger partial charge in [0.25, 0.3) is 5.91 Å². The minimum Gasteiger partial charge on any atom is -0.504 e. The van der Waals surface area contributed by atoms with E-state index in [0.717, 1.165) is 22.4 Å². The molecule has 0 saturated heterocycles. The quantitative estimate of drug-likeness (QED) is 0.592. The van der Waals surface area contributed by atoms with Crippen molar-refractivity contribution in [3.63, 3.8) is 0 Å². The highest BCUT2D eigenvalue weighted by Gasteiger charge is 2.30. The van der Waals surface area contributed by atoms with Crippen molar-refractivity contribution in [1.29, 1.82) is 0 Å². The van der Waals surface area contributed by atoms with Gasteiger partial charge in [0.1, 0.15) is 0 Å². The van der Waals surface area contributed by atoms with Crippen LogP contribution in [0.2, 0.25) is 0 Å². The van der Waals surface area contributed by atoms with Crippen LogP contribution in [-0.4, -0.2) is 23.2 Å². The molecule has 7 heteroatoms. The average Bonchev–Trinajstić information content (AvgIpc) is 2.64. The van der Waals surface area contributed by atoms with Crippen molar-refractivity contribution in [1.82, 2.24) is 10.6 Å². The van der Waals surface area contributed by atoms with Gasteiger partial charge in [-0.3, -0.25) is 4.79 Å². The number of aromatic hydroxyl groups is 1. The molecule has 1 atom stereocenters. The zero-order chi connectivity index (χ0) is 20.4. The maximum atomic E-state index is 13.1. The molecule has 0 radical (unpaired) electrons. The van der Waals surface area contributed by atoms with Gasteiger partial charge in [0.15, 0.2) is 16.6 Å². The van der Waals surface area contributed by atoms with E-state index in [1.165, 1.54) is 13.2 Å². The number of anilines is 1. The number of ether oxygens (including phenoxy) is 1. The van der Waals surface area contributed by atoms with Crippen LogP contribution in [0, 0.1) is 13.8 Å². The number of carbonyl (C=O) groups excluding carboxylic acids is 1. The maximum Gasteiger partial charge on any atom is 0.255 e. The number of methoxy groups -OCH3 is 1. The van der Waals surface area contributed by atoms with Crippen molar-refractivity contribution >= 4 is 28.9 Å². The zero-order valence-electron chi connectivity index (χ0n) is 16.2. The molecule has 1 aliphatic rings. The van der Waals surface area contributed by atoms with E-state index in [0.29, 0.717) is 22.1 Å². The first-order valence-electron chi connectivity index (χ1n) is 8.84. The van der Waals surface area contributed by atoms with Crippen molar-refractivity contribution in [3.8, 4) is 11.5 Å². The summed E-state index contributed by atoms with van der Waals surface area (Å²) in [6.45, 7) is 5.84. The molecular formula is C21H23N3O3S. The Morgan fingerprint density at radius 1 is 1.14 bits per heavy atom. The predicted octanol–water partition coefficient (Wildman–Crippen LogP) is 3.45. The molecule has 146 valence electrons. The first-order chi connectivity index (χ1) is 13.3. The summed E-state index contributed by atoms with van der Waals surface area (Å²) in [5.74, 6) is 0.125. The van der Waals surface area contributed by atoms with Crippen LogP contribution in [0.1, 0.15) is 29.7 Å². The second-order valence-corrected chi connectivity index (χ2v) is 7.16. The van der Waals surface area contributed by atoms with Crippen LogP contribution in [0.3, 0.4) is 0 Å². The fraction of sp³-hybridized carbons (Fsp3) is 0.238. The molecule has 2 aromatic carbocycles. The maximum absolute atomic E-state index is 13.1. The van der Waals surface area contributed by atoms with Crippen LogP contribution in [0.5, 0.6) is 11.5 Å². The molecule has 1 amide bonds. The summed E-state index contributed by atoms with van der Waals surface area (Å²) in [4.78, 5) is 13.1. The summed E-state index contributed by atoms with van der Waals surface area (Å²) >= 11 is 5.28. The van der Waals surface area contributed by atoms with Gasteiger partial charge in [-0.2, -0.15) is 0 Å². The van der Waals surface area contributed by atoms with Crippen molar-refractivity contribution in [2.45, 2.75) is 26.8 Å². The van der Waals surface area contributed by atoms with E-state index in [2.05, 4.69) is 16.0 Å². The zero-order valence-corrected chi connectivity index (χ0v) is 17.0. The van der Waals surface area contributed by atoms with Gasteiger partial charge in [-0.05, 0) is 73.9 Å². The summed E-state index contributed by atoms with van der Waals surface area (Å²) in [5.41, 5.74) is 4.92. The lowest BCUT2D eigenvalue weighted by Gasteiger charge is -2.30. The number of thiocarbonyl (C=S) groups is 1.